The number of nitrogens with one attached hydrogen (secondary N) is 2. The minimum Gasteiger partial charge on any atom is -0.493 e. The van der Waals surface area contributed by atoms with Gasteiger partial charge in [-0.15, -0.1) is 24.0 Å². The fourth-order valence-electron chi connectivity index (χ4n) is 3.33. The molecule has 1 heterocycles. The zero-order chi connectivity index (χ0) is 20.8. The molecule has 1 amide bonds. The van der Waals surface area contributed by atoms with Crippen LogP contribution in [0, 0.1) is 5.82 Å². The largest absolute Gasteiger partial charge is 0.493 e. The van der Waals surface area contributed by atoms with Gasteiger partial charge < -0.3 is 25.0 Å². The second kappa shape index (κ2) is 11.0. The Morgan fingerprint density at radius 1 is 1.17 bits per heavy atom. The van der Waals surface area contributed by atoms with Crippen molar-refractivity contribution in [3.8, 4) is 11.5 Å². The van der Waals surface area contributed by atoms with Gasteiger partial charge in [-0.05, 0) is 47.9 Å². The van der Waals surface area contributed by atoms with Crippen LogP contribution in [0.3, 0.4) is 0 Å². The molecule has 2 aromatic carbocycles. The average Bonchev–Trinajstić information content (AvgIpc) is 2.73. The van der Waals surface area contributed by atoms with Crippen LogP contribution in [-0.2, 0) is 17.8 Å². The Labute approximate surface area is 192 Å². The molecule has 30 heavy (non-hydrogen) atoms. The van der Waals surface area contributed by atoms with Gasteiger partial charge in [-0.2, -0.15) is 0 Å². The van der Waals surface area contributed by atoms with E-state index in [1.165, 1.54) is 17.7 Å². The van der Waals surface area contributed by atoms with Crippen molar-refractivity contribution < 1.29 is 18.7 Å². The monoisotopic (exact) mass is 528 g/mol. The van der Waals surface area contributed by atoms with Crippen LogP contribution in [0.1, 0.15) is 11.1 Å². The number of carbonyl (C=O) groups is 1. The molecule has 0 radical (unpaired) electrons. The molecule has 2 N–H and O–H groups in total. The Morgan fingerprint density at radius 3 is 2.50 bits per heavy atom. The van der Waals surface area contributed by atoms with Crippen molar-refractivity contribution >= 4 is 41.5 Å². The van der Waals surface area contributed by atoms with E-state index in [0.29, 0.717) is 23.9 Å². The summed E-state index contributed by atoms with van der Waals surface area (Å²) >= 11 is 0. The fourth-order valence-corrected chi connectivity index (χ4v) is 3.33. The van der Waals surface area contributed by atoms with E-state index < -0.39 is 5.82 Å². The first-order valence-corrected chi connectivity index (χ1v) is 9.29. The summed E-state index contributed by atoms with van der Waals surface area (Å²) in [7, 11) is 4.92. The molecular formula is C21H26FIN4O3. The van der Waals surface area contributed by atoms with Crippen LogP contribution in [0.5, 0.6) is 11.5 Å². The number of aliphatic imine (C=N–C) groups is 1. The Kier molecular flexibility index (Phi) is 8.70. The second-order valence-corrected chi connectivity index (χ2v) is 6.61. The van der Waals surface area contributed by atoms with Crippen molar-refractivity contribution in [3.05, 3.63) is 53.3 Å². The molecule has 0 fully saturated rings. The number of halogens is 2. The standard InChI is InChI=1S/C21H25FN4O3.HI/c1-23-21(24-12-20(27)25-17-6-4-5-16(22)11-17)26-8-7-14-9-18(28-2)19(29-3)10-15(14)13-26;/h4-6,9-11H,7-8,12-13H2,1-3H3,(H,23,24)(H,25,27);1H. The van der Waals surface area contributed by atoms with Gasteiger partial charge in [-0.1, -0.05) is 6.07 Å². The van der Waals surface area contributed by atoms with Crippen molar-refractivity contribution in [2.75, 3.05) is 39.7 Å². The maximum atomic E-state index is 13.2. The molecule has 9 heteroatoms. The molecule has 3 rings (SSSR count). The van der Waals surface area contributed by atoms with Gasteiger partial charge in [0.1, 0.15) is 5.82 Å². The molecule has 0 atom stereocenters. The number of anilines is 1. The number of amides is 1. The summed E-state index contributed by atoms with van der Waals surface area (Å²) < 4.78 is 24.0. The first-order chi connectivity index (χ1) is 14.0. The van der Waals surface area contributed by atoms with Gasteiger partial charge in [0.2, 0.25) is 5.91 Å². The third-order valence-electron chi connectivity index (χ3n) is 4.74. The molecular weight excluding hydrogens is 502 g/mol. The molecule has 0 bridgehead atoms. The third-order valence-corrected chi connectivity index (χ3v) is 4.74. The quantitative estimate of drug-likeness (QED) is 0.355. The predicted octanol–water partition coefficient (Wildman–Crippen LogP) is 3.03. The van der Waals surface area contributed by atoms with Crippen molar-refractivity contribution in [2.45, 2.75) is 13.0 Å². The van der Waals surface area contributed by atoms with Crippen LogP contribution >= 0.6 is 24.0 Å². The summed E-state index contributed by atoms with van der Waals surface area (Å²) in [6.07, 6.45) is 0.825. The molecule has 0 spiro atoms. The predicted molar refractivity (Wildman–Crippen MR) is 125 cm³/mol. The van der Waals surface area contributed by atoms with Gasteiger partial charge in [-0.3, -0.25) is 9.79 Å². The third kappa shape index (κ3) is 5.74. The van der Waals surface area contributed by atoms with Gasteiger partial charge in [0, 0.05) is 25.8 Å². The number of hydrogen-bond donors (Lipinski definition) is 2. The summed E-state index contributed by atoms with van der Waals surface area (Å²) in [5, 5.41) is 5.73. The zero-order valence-corrected chi connectivity index (χ0v) is 19.5. The maximum Gasteiger partial charge on any atom is 0.243 e. The molecule has 0 unspecified atom stereocenters. The van der Waals surface area contributed by atoms with Crippen molar-refractivity contribution in [3.63, 3.8) is 0 Å². The Hall–Kier alpha value is -2.56. The highest BCUT2D eigenvalue weighted by Crippen LogP contribution is 2.33. The summed E-state index contributed by atoms with van der Waals surface area (Å²) in [4.78, 5) is 18.5. The molecule has 0 saturated carbocycles. The van der Waals surface area contributed by atoms with Gasteiger partial charge in [0.25, 0.3) is 0 Å². The minimum atomic E-state index is -0.398. The van der Waals surface area contributed by atoms with Crippen LogP contribution in [0.15, 0.2) is 41.4 Å². The van der Waals surface area contributed by atoms with E-state index in [-0.39, 0.29) is 36.4 Å². The SMILES string of the molecule is CN=C(NCC(=O)Nc1cccc(F)c1)N1CCc2cc(OC)c(OC)cc2C1.I. The minimum absolute atomic E-state index is 0. The van der Waals surface area contributed by atoms with Crippen molar-refractivity contribution in [1.29, 1.82) is 0 Å². The van der Waals surface area contributed by atoms with Crippen LogP contribution in [-0.4, -0.2) is 51.1 Å². The Bertz CT molecular complexity index is 923. The van der Waals surface area contributed by atoms with E-state index in [0.717, 1.165) is 24.3 Å². The molecule has 1 aliphatic heterocycles. The molecule has 2 aromatic rings. The molecule has 162 valence electrons. The van der Waals surface area contributed by atoms with Crippen LogP contribution in [0.4, 0.5) is 10.1 Å². The number of rotatable bonds is 5. The number of methoxy groups -OCH3 is 2. The van der Waals surface area contributed by atoms with E-state index >= 15 is 0 Å². The highest BCUT2D eigenvalue weighted by atomic mass is 127. The molecule has 0 aromatic heterocycles. The number of benzene rings is 2. The summed E-state index contributed by atoms with van der Waals surface area (Å²) in [5.74, 6) is 1.35. The van der Waals surface area contributed by atoms with Crippen LogP contribution in [0.2, 0.25) is 0 Å². The lowest BCUT2D eigenvalue weighted by Gasteiger charge is -2.32. The molecule has 7 nitrogen and oxygen atoms in total. The van der Waals surface area contributed by atoms with Gasteiger partial charge in [-0.25, -0.2) is 4.39 Å². The summed E-state index contributed by atoms with van der Waals surface area (Å²) in [5.41, 5.74) is 2.75. The molecule has 1 aliphatic rings. The van der Waals surface area contributed by atoms with Crippen molar-refractivity contribution in [1.82, 2.24) is 10.2 Å². The smallest absolute Gasteiger partial charge is 0.243 e. The number of ether oxygens (including phenoxy) is 2. The van der Waals surface area contributed by atoms with E-state index in [1.807, 2.05) is 12.1 Å². The number of nitrogens with zero attached hydrogens (tertiary/aromatic N) is 2. The summed E-state index contributed by atoms with van der Waals surface area (Å²) in [6, 6.07) is 9.77. The molecule has 0 aliphatic carbocycles. The lowest BCUT2D eigenvalue weighted by atomic mass is 9.99. The first kappa shape index (κ1) is 23.7. The normalized spacial score (nSPS) is 13.1. The van der Waals surface area contributed by atoms with Crippen molar-refractivity contribution in [2.24, 2.45) is 4.99 Å². The highest BCUT2D eigenvalue weighted by molar-refractivity contribution is 14.0. The highest BCUT2D eigenvalue weighted by Gasteiger charge is 2.22. The molecule has 0 saturated heterocycles. The summed E-state index contributed by atoms with van der Waals surface area (Å²) in [6.45, 7) is 1.42. The van der Waals surface area contributed by atoms with Gasteiger partial charge in [0.05, 0.1) is 20.8 Å². The van der Waals surface area contributed by atoms with E-state index in [2.05, 4.69) is 20.5 Å². The fraction of sp³-hybridized carbons (Fsp3) is 0.333. The second-order valence-electron chi connectivity index (χ2n) is 6.61. The van der Waals surface area contributed by atoms with Gasteiger partial charge in [0.15, 0.2) is 17.5 Å². The average molecular weight is 528 g/mol. The topological polar surface area (TPSA) is 75.2 Å². The number of carbonyl (C=O) groups excluding carboxylic acids is 1. The lowest BCUT2D eigenvalue weighted by Crippen LogP contribution is -2.46. The van der Waals surface area contributed by atoms with Gasteiger partial charge >= 0.3 is 0 Å². The van der Waals surface area contributed by atoms with E-state index in [4.69, 9.17) is 9.47 Å². The lowest BCUT2D eigenvalue weighted by molar-refractivity contribution is -0.115. The van der Waals surface area contributed by atoms with E-state index in [1.54, 1.807) is 33.4 Å². The van der Waals surface area contributed by atoms with Crippen LogP contribution in [0.25, 0.3) is 0 Å². The number of hydrogen-bond acceptors (Lipinski definition) is 4. The zero-order valence-electron chi connectivity index (χ0n) is 17.2. The Balaban J connectivity index is 0.00000320. The maximum absolute atomic E-state index is 13.2. The number of fused-ring (bicyclic) bond motifs is 1. The number of guanidine groups is 1. The van der Waals surface area contributed by atoms with E-state index in [9.17, 15) is 9.18 Å². The first-order valence-electron chi connectivity index (χ1n) is 9.29. The van der Waals surface area contributed by atoms with Crippen LogP contribution < -0.4 is 20.1 Å². The Morgan fingerprint density at radius 2 is 1.87 bits per heavy atom.